The fourth-order valence-corrected chi connectivity index (χ4v) is 0.875. The molecule has 3 N–H and O–H groups in total. The molecule has 0 bridgehead atoms. The highest BCUT2D eigenvalue weighted by molar-refractivity contribution is 5.66. The summed E-state index contributed by atoms with van der Waals surface area (Å²) in [4.78, 5) is 10.6. The van der Waals surface area contributed by atoms with Crippen LogP contribution < -0.4 is 11.3 Å². The molecule has 0 saturated heterocycles. The Balaban J connectivity index is 2.46. The van der Waals surface area contributed by atoms with Crippen LogP contribution in [0.25, 0.3) is 0 Å². The summed E-state index contributed by atoms with van der Waals surface area (Å²) in [5.74, 6) is 4.84. The van der Waals surface area contributed by atoms with Crippen molar-refractivity contribution in [3.05, 3.63) is 35.4 Å². The lowest BCUT2D eigenvalue weighted by molar-refractivity contribution is 0.140. The van der Waals surface area contributed by atoms with E-state index in [1.807, 2.05) is 36.6 Å². The lowest BCUT2D eigenvalue weighted by atomic mass is 10.2. The number of benzene rings is 1. The van der Waals surface area contributed by atoms with Gasteiger partial charge in [0.05, 0.1) is 0 Å². The molecule has 0 radical (unpaired) electrons. The Bertz CT molecular complexity index is 282. The Morgan fingerprint density at radius 2 is 2.08 bits per heavy atom. The Kier molecular flexibility index (Phi) is 3.28. The van der Waals surface area contributed by atoms with E-state index in [9.17, 15) is 4.79 Å². The fourth-order valence-electron chi connectivity index (χ4n) is 0.875. The first-order valence-corrected chi connectivity index (χ1v) is 3.91. The molecule has 0 spiro atoms. The van der Waals surface area contributed by atoms with E-state index in [1.54, 1.807) is 0 Å². The molecule has 4 heteroatoms. The SMILES string of the molecule is Cc1ccc(COC(=O)NN)cc1. The molecule has 1 aromatic carbocycles. The highest BCUT2D eigenvalue weighted by Gasteiger charge is 1.98. The van der Waals surface area contributed by atoms with Crippen LogP contribution in [0.5, 0.6) is 0 Å². The number of hydrogen-bond donors (Lipinski definition) is 2. The number of amides is 1. The molecule has 0 aliphatic heterocycles. The molecular formula is C9H12N2O2. The van der Waals surface area contributed by atoms with Crippen molar-refractivity contribution in [1.82, 2.24) is 5.43 Å². The summed E-state index contributed by atoms with van der Waals surface area (Å²) in [6.45, 7) is 2.24. The standard InChI is InChI=1S/C9H12N2O2/c1-7-2-4-8(5-3-7)6-13-9(12)11-10/h2-5H,6,10H2,1H3,(H,11,12). The molecule has 4 nitrogen and oxygen atoms in total. The van der Waals surface area contributed by atoms with E-state index in [2.05, 4.69) is 0 Å². The second-order valence-corrected chi connectivity index (χ2v) is 2.71. The Morgan fingerprint density at radius 3 is 2.62 bits per heavy atom. The fraction of sp³-hybridized carbons (Fsp3) is 0.222. The number of hydrazine groups is 1. The zero-order valence-corrected chi connectivity index (χ0v) is 7.41. The van der Waals surface area contributed by atoms with Crippen LogP contribution in [0.15, 0.2) is 24.3 Å². The average molecular weight is 180 g/mol. The molecule has 0 heterocycles. The Hall–Kier alpha value is -1.55. The minimum atomic E-state index is -0.624. The van der Waals surface area contributed by atoms with Crippen LogP contribution in [0.2, 0.25) is 0 Å². The number of nitrogens with one attached hydrogen (secondary N) is 1. The summed E-state index contributed by atoms with van der Waals surface area (Å²) in [5, 5.41) is 0. The van der Waals surface area contributed by atoms with Gasteiger partial charge in [-0.3, -0.25) is 5.43 Å². The van der Waals surface area contributed by atoms with Gasteiger partial charge in [-0.25, -0.2) is 10.6 Å². The maximum Gasteiger partial charge on any atom is 0.421 e. The molecule has 1 amide bonds. The van der Waals surface area contributed by atoms with Crippen LogP contribution in [0.3, 0.4) is 0 Å². The van der Waals surface area contributed by atoms with Crippen molar-refractivity contribution >= 4 is 6.09 Å². The molecule has 0 fully saturated rings. The molecular weight excluding hydrogens is 168 g/mol. The highest BCUT2D eigenvalue weighted by atomic mass is 16.5. The second kappa shape index (κ2) is 4.47. The van der Waals surface area contributed by atoms with E-state index in [0.29, 0.717) is 0 Å². The van der Waals surface area contributed by atoms with Gasteiger partial charge in [0.15, 0.2) is 0 Å². The smallest absolute Gasteiger partial charge is 0.421 e. The van der Waals surface area contributed by atoms with Gasteiger partial charge in [0.1, 0.15) is 6.61 Å². The lowest BCUT2D eigenvalue weighted by Crippen LogP contribution is -2.30. The lowest BCUT2D eigenvalue weighted by Gasteiger charge is -2.03. The first-order chi connectivity index (χ1) is 6.22. The minimum absolute atomic E-state index is 0.239. The van der Waals surface area contributed by atoms with Gasteiger partial charge in [-0.2, -0.15) is 0 Å². The van der Waals surface area contributed by atoms with Crippen LogP contribution in [0.1, 0.15) is 11.1 Å². The van der Waals surface area contributed by atoms with Crippen LogP contribution in [-0.2, 0) is 11.3 Å². The first kappa shape index (κ1) is 9.54. The molecule has 0 aliphatic rings. The highest BCUT2D eigenvalue weighted by Crippen LogP contribution is 2.04. The van der Waals surface area contributed by atoms with Crippen molar-refractivity contribution in [3.8, 4) is 0 Å². The quantitative estimate of drug-likeness (QED) is 0.407. The molecule has 70 valence electrons. The summed E-state index contributed by atoms with van der Waals surface area (Å²) in [6.07, 6.45) is -0.624. The van der Waals surface area contributed by atoms with Gasteiger partial charge in [0.2, 0.25) is 0 Å². The van der Waals surface area contributed by atoms with E-state index in [-0.39, 0.29) is 6.61 Å². The molecule has 1 aromatic rings. The molecule has 0 aliphatic carbocycles. The summed E-state index contributed by atoms with van der Waals surface area (Å²) in [7, 11) is 0. The normalized spacial score (nSPS) is 9.38. The Labute approximate surface area is 76.7 Å². The second-order valence-electron chi connectivity index (χ2n) is 2.71. The van der Waals surface area contributed by atoms with E-state index in [4.69, 9.17) is 10.6 Å². The predicted molar refractivity (Wildman–Crippen MR) is 48.7 cm³/mol. The number of aryl methyl sites for hydroxylation is 1. The largest absolute Gasteiger partial charge is 0.444 e. The van der Waals surface area contributed by atoms with E-state index >= 15 is 0 Å². The van der Waals surface area contributed by atoms with E-state index in [1.165, 1.54) is 5.56 Å². The monoisotopic (exact) mass is 180 g/mol. The summed E-state index contributed by atoms with van der Waals surface area (Å²) in [5.41, 5.74) is 4.00. The van der Waals surface area contributed by atoms with Crippen LogP contribution in [0.4, 0.5) is 4.79 Å². The first-order valence-electron chi connectivity index (χ1n) is 3.91. The van der Waals surface area contributed by atoms with Crippen molar-refractivity contribution in [3.63, 3.8) is 0 Å². The van der Waals surface area contributed by atoms with Crippen LogP contribution in [-0.4, -0.2) is 6.09 Å². The van der Waals surface area contributed by atoms with Gasteiger partial charge in [0.25, 0.3) is 0 Å². The van der Waals surface area contributed by atoms with Gasteiger partial charge < -0.3 is 4.74 Å². The van der Waals surface area contributed by atoms with Crippen molar-refractivity contribution in [1.29, 1.82) is 0 Å². The number of carbonyl (C=O) groups is 1. The summed E-state index contributed by atoms with van der Waals surface area (Å²) >= 11 is 0. The third-order valence-electron chi connectivity index (χ3n) is 1.61. The maximum absolute atomic E-state index is 10.6. The molecule has 13 heavy (non-hydrogen) atoms. The molecule has 0 aromatic heterocycles. The Morgan fingerprint density at radius 1 is 1.46 bits per heavy atom. The van der Waals surface area contributed by atoms with Gasteiger partial charge in [-0.15, -0.1) is 0 Å². The topological polar surface area (TPSA) is 64.3 Å². The third-order valence-corrected chi connectivity index (χ3v) is 1.61. The number of nitrogens with two attached hydrogens (primary N) is 1. The van der Waals surface area contributed by atoms with Gasteiger partial charge in [-0.05, 0) is 12.5 Å². The number of hydrogen-bond acceptors (Lipinski definition) is 3. The molecule has 0 unspecified atom stereocenters. The number of carbonyl (C=O) groups excluding carboxylic acids is 1. The van der Waals surface area contributed by atoms with Crippen LogP contribution in [0, 0.1) is 6.92 Å². The van der Waals surface area contributed by atoms with Crippen molar-refractivity contribution in [2.75, 3.05) is 0 Å². The summed E-state index contributed by atoms with van der Waals surface area (Å²) in [6, 6.07) is 7.72. The van der Waals surface area contributed by atoms with Crippen molar-refractivity contribution < 1.29 is 9.53 Å². The minimum Gasteiger partial charge on any atom is -0.444 e. The van der Waals surface area contributed by atoms with E-state index < -0.39 is 6.09 Å². The van der Waals surface area contributed by atoms with Crippen LogP contribution >= 0.6 is 0 Å². The molecule has 1 rings (SSSR count). The zero-order chi connectivity index (χ0) is 9.68. The van der Waals surface area contributed by atoms with Crippen molar-refractivity contribution in [2.45, 2.75) is 13.5 Å². The van der Waals surface area contributed by atoms with Gasteiger partial charge in [-0.1, -0.05) is 29.8 Å². The van der Waals surface area contributed by atoms with Crippen molar-refractivity contribution in [2.24, 2.45) is 5.84 Å². The number of rotatable bonds is 2. The van der Waals surface area contributed by atoms with E-state index in [0.717, 1.165) is 5.56 Å². The maximum atomic E-state index is 10.6. The molecule has 0 atom stereocenters. The summed E-state index contributed by atoms with van der Waals surface area (Å²) < 4.78 is 4.74. The zero-order valence-electron chi connectivity index (χ0n) is 7.41. The average Bonchev–Trinajstić information content (AvgIpc) is 2.16. The van der Waals surface area contributed by atoms with Gasteiger partial charge in [0, 0.05) is 0 Å². The molecule has 0 saturated carbocycles. The third kappa shape index (κ3) is 3.13. The van der Waals surface area contributed by atoms with Gasteiger partial charge >= 0.3 is 6.09 Å². The predicted octanol–water partition coefficient (Wildman–Crippen LogP) is 1.09. The number of ether oxygens (including phenoxy) is 1.